The van der Waals surface area contributed by atoms with Crippen molar-refractivity contribution in [2.45, 2.75) is 38.5 Å². The Morgan fingerprint density at radius 1 is 1.27 bits per heavy atom. The number of aliphatic hydroxyl groups excluding tert-OH is 1. The lowest BCUT2D eigenvalue weighted by Gasteiger charge is -2.34. The highest BCUT2D eigenvalue weighted by Gasteiger charge is 2.44. The fourth-order valence-corrected chi connectivity index (χ4v) is 2.75. The first-order valence-electron chi connectivity index (χ1n) is 7.46. The first-order valence-corrected chi connectivity index (χ1v) is 7.46. The molecular formula is C16H20F3NO2. The minimum atomic E-state index is -4.59. The molecule has 0 spiro atoms. The number of hydrogen-bond donors (Lipinski definition) is 1. The fraction of sp³-hybridized carbons (Fsp3) is 0.562. The van der Waals surface area contributed by atoms with Crippen molar-refractivity contribution in [1.29, 1.82) is 0 Å². The van der Waals surface area contributed by atoms with Crippen LogP contribution >= 0.6 is 0 Å². The first-order chi connectivity index (χ1) is 10.3. The molecule has 0 aromatic heterocycles. The van der Waals surface area contributed by atoms with Gasteiger partial charge < -0.3 is 10.0 Å². The van der Waals surface area contributed by atoms with E-state index in [0.29, 0.717) is 5.56 Å². The molecule has 0 aliphatic carbocycles. The van der Waals surface area contributed by atoms with E-state index in [1.54, 1.807) is 17.0 Å². The maximum absolute atomic E-state index is 12.5. The molecule has 1 aliphatic heterocycles. The molecule has 122 valence electrons. The number of carbonyl (C=O) groups excluding carboxylic acids is 1. The number of piperidine rings is 1. The van der Waals surface area contributed by atoms with Crippen molar-refractivity contribution in [3.8, 4) is 0 Å². The molecule has 1 aromatic carbocycles. The third kappa shape index (κ3) is 3.80. The summed E-state index contributed by atoms with van der Waals surface area (Å²) in [6, 6.07) is 7.26. The van der Waals surface area contributed by atoms with E-state index in [0.717, 1.165) is 12.0 Å². The molecule has 1 aliphatic rings. The van der Waals surface area contributed by atoms with Gasteiger partial charge in [0.05, 0.1) is 0 Å². The van der Waals surface area contributed by atoms with Crippen molar-refractivity contribution in [2.75, 3.05) is 13.1 Å². The Bertz CT molecular complexity index is 505. The van der Waals surface area contributed by atoms with Gasteiger partial charge >= 0.3 is 6.18 Å². The van der Waals surface area contributed by atoms with E-state index in [4.69, 9.17) is 0 Å². The van der Waals surface area contributed by atoms with E-state index < -0.39 is 18.2 Å². The third-order valence-corrected chi connectivity index (χ3v) is 4.22. The van der Waals surface area contributed by atoms with Crippen LogP contribution in [0.3, 0.4) is 0 Å². The molecule has 1 unspecified atom stereocenters. The molecule has 1 amide bonds. The lowest BCUT2D eigenvalue weighted by molar-refractivity contribution is -0.222. The zero-order chi connectivity index (χ0) is 16.3. The summed E-state index contributed by atoms with van der Waals surface area (Å²) in [7, 11) is 0. The maximum Gasteiger partial charge on any atom is 0.414 e. The van der Waals surface area contributed by atoms with Gasteiger partial charge in [-0.3, -0.25) is 4.79 Å². The monoisotopic (exact) mass is 315 g/mol. The molecule has 2 rings (SSSR count). The SMILES string of the molecule is CCc1ccc(C(=O)N2CCC(C(O)C(F)(F)F)CC2)cc1. The van der Waals surface area contributed by atoms with Gasteiger partial charge in [0.2, 0.25) is 0 Å². The van der Waals surface area contributed by atoms with Gasteiger partial charge in [-0.2, -0.15) is 13.2 Å². The first kappa shape index (κ1) is 16.8. The minimum absolute atomic E-state index is 0.164. The number of likely N-dealkylation sites (tertiary alicyclic amines) is 1. The third-order valence-electron chi connectivity index (χ3n) is 4.22. The summed E-state index contributed by atoms with van der Waals surface area (Å²) in [5.41, 5.74) is 1.68. The van der Waals surface area contributed by atoms with E-state index in [1.807, 2.05) is 19.1 Å². The Balaban J connectivity index is 1.94. The molecule has 1 atom stereocenters. The van der Waals surface area contributed by atoms with Gasteiger partial charge in [0, 0.05) is 18.7 Å². The summed E-state index contributed by atoms with van der Waals surface area (Å²) < 4.78 is 37.5. The number of benzene rings is 1. The summed E-state index contributed by atoms with van der Waals surface area (Å²) in [4.78, 5) is 13.9. The van der Waals surface area contributed by atoms with Crippen molar-refractivity contribution < 1.29 is 23.1 Å². The maximum atomic E-state index is 12.5. The molecule has 0 radical (unpaired) electrons. The van der Waals surface area contributed by atoms with Crippen LogP contribution in [-0.4, -0.2) is 41.3 Å². The Morgan fingerprint density at radius 2 is 1.82 bits per heavy atom. The normalized spacial score (nSPS) is 18.3. The van der Waals surface area contributed by atoms with Gasteiger partial charge in [0.1, 0.15) is 0 Å². The van der Waals surface area contributed by atoms with E-state index in [9.17, 15) is 23.1 Å². The number of alkyl halides is 3. The second-order valence-electron chi connectivity index (χ2n) is 5.67. The number of rotatable bonds is 3. The number of halogens is 3. The van der Waals surface area contributed by atoms with Crippen LogP contribution in [0.4, 0.5) is 13.2 Å². The van der Waals surface area contributed by atoms with Crippen LogP contribution in [0.5, 0.6) is 0 Å². The molecule has 1 aromatic rings. The molecule has 6 heteroatoms. The molecule has 3 nitrogen and oxygen atoms in total. The van der Waals surface area contributed by atoms with Crippen LogP contribution < -0.4 is 0 Å². The standard InChI is InChI=1S/C16H20F3NO2/c1-2-11-3-5-13(6-4-11)15(22)20-9-7-12(8-10-20)14(21)16(17,18)19/h3-6,12,14,21H,2,7-10H2,1H3. The zero-order valence-electron chi connectivity index (χ0n) is 12.4. The average Bonchev–Trinajstić information content (AvgIpc) is 2.53. The van der Waals surface area contributed by atoms with E-state index >= 15 is 0 Å². The van der Waals surface area contributed by atoms with Crippen molar-refractivity contribution in [2.24, 2.45) is 5.92 Å². The number of amides is 1. The van der Waals surface area contributed by atoms with Crippen LogP contribution in [0.15, 0.2) is 24.3 Å². The lowest BCUT2D eigenvalue weighted by atomic mass is 9.90. The molecular weight excluding hydrogens is 295 g/mol. The summed E-state index contributed by atoms with van der Waals surface area (Å²) in [5.74, 6) is -0.992. The predicted octanol–water partition coefficient (Wildman–Crippen LogP) is 3.02. The van der Waals surface area contributed by atoms with E-state index in [-0.39, 0.29) is 31.8 Å². The Morgan fingerprint density at radius 3 is 2.27 bits per heavy atom. The molecule has 0 saturated carbocycles. The molecule has 1 saturated heterocycles. The Labute approximate surface area is 127 Å². The molecule has 22 heavy (non-hydrogen) atoms. The molecule has 0 bridgehead atoms. The van der Waals surface area contributed by atoms with Gasteiger partial charge in [-0.1, -0.05) is 19.1 Å². The number of aryl methyl sites for hydroxylation is 1. The summed E-state index contributed by atoms with van der Waals surface area (Å²) in [6.45, 7) is 2.51. The Kier molecular flexibility index (Phi) is 5.11. The fourth-order valence-electron chi connectivity index (χ4n) is 2.75. The van der Waals surface area contributed by atoms with Crippen molar-refractivity contribution in [3.05, 3.63) is 35.4 Å². The van der Waals surface area contributed by atoms with Gasteiger partial charge in [-0.15, -0.1) is 0 Å². The van der Waals surface area contributed by atoms with Crippen molar-refractivity contribution >= 4 is 5.91 Å². The topological polar surface area (TPSA) is 40.5 Å². The molecule has 1 N–H and O–H groups in total. The lowest BCUT2D eigenvalue weighted by Crippen LogP contribution is -2.45. The Hall–Kier alpha value is -1.56. The van der Waals surface area contributed by atoms with Gasteiger partial charge in [-0.25, -0.2) is 0 Å². The smallest absolute Gasteiger partial charge is 0.383 e. The summed E-state index contributed by atoms with van der Waals surface area (Å²) >= 11 is 0. The van der Waals surface area contributed by atoms with Crippen LogP contribution in [0, 0.1) is 5.92 Å². The molecule has 1 heterocycles. The highest BCUT2D eigenvalue weighted by atomic mass is 19.4. The van der Waals surface area contributed by atoms with Crippen LogP contribution in [0.25, 0.3) is 0 Å². The highest BCUT2D eigenvalue weighted by Crippen LogP contribution is 2.31. The largest absolute Gasteiger partial charge is 0.414 e. The predicted molar refractivity (Wildman–Crippen MR) is 76.5 cm³/mol. The van der Waals surface area contributed by atoms with Crippen LogP contribution in [0.1, 0.15) is 35.7 Å². The van der Waals surface area contributed by atoms with Crippen molar-refractivity contribution in [1.82, 2.24) is 4.90 Å². The number of hydrogen-bond acceptors (Lipinski definition) is 2. The van der Waals surface area contributed by atoms with Gasteiger partial charge in [0.25, 0.3) is 5.91 Å². The number of carbonyl (C=O) groups is 1. The molecule has 1 fully saturated rings. The number of nitrogens with zero attached hydrogens (tertiary/aromatic N) is 1. The number of aliphatic hydroxyl groups is 1. The summed E-state index contributed by atoms with van der Waals surface area (Å²) in [5, 5.41) is 9.28. The second-order valence-corrected chi connectivity index (χ2v) is 5.67. The van der Waals surface area contributed by atoms with Crippen LogP contribution in [-0.2, 0) is 6.42 Å². The van der Waals surface area contributed by atoms with Crippen molar-refractivity contribution in [3.63, 3.8) is 0 Å². The second kappa shape index (κ2) is 6.69. The van der Waals surface area contributed by atoms with E-state index in [1.165, 1.54) is 0 Å². The van der Waals surface area contributed by atoms with Gasteiger partial charge in [0.15, 0.2) is 6.10 Å². The van der Waals surface area contributed by atoms with Crippen LogP contribution in [0.2, 0.25) is 0 Å². The summed E-state index contributed by atoms with van der Waals surface area (Å²) in [6.07, 6.45) is -5.67. The minimum Gasteiger partial charge on any atom is -0.383 e. The quantitative estimate of drug-likeness (QED) is 0.931. The highest BCUT2D eigenvalue weighted by molar-refractivity contribution is 5.94. The zero-order valence-corrected chi connectivity index (χ0v) is 12.4. The average molecular weight is 315 g/mol. The van der Waals surface area contributed by atoms with Gasteiger partial charge in [-0.05, 0) is 42.9 Å². The van der Waals surface area contributed by atoms with E-state index in [2.05, 4.69) is 0 Å².